The highest BCUT2D eigenvalue weighted by Gasteiger charge is 1.67. The van der Waals surface area contributed by atoms with Gasteiger partial charge in [-0.25, -0.2) is 0 Å². The van der Waals surface area contributed by atoms with Gasteiger partial charge in [-0.15, -0.1) is 25.0 Å². The zero-order valence-corrected chi connectivity index (χ0v) is 5.81. The Morgan fingerprint density at radius 2 is 1.50 bits per heavy atom. The minimum atomic E-state index is 0.213. The Bertz CT molecular complexity index is 8.00. The minimum absolute atomic E-state index is 0.213. The van der Waals surface area contributed by atoms with Crippen LogP contribution in [0.15, 0.2) is 0 Å². The summed E-state index contributed by atoms with van der Waals surface area (Å²) in [5, 5.41) is 0. The molecule has 0 saturated heterocycles. The van der Waals surface area contributed by atoms with Crippen LogP contribution in [0.4, 0.5) is 0 Å². The van der Waals surface area contributed by atoms with Crippen LogP contribution in [0.5, 0.6) is 0 Å². The summed E-state index contributed by atoms with van der Waals surface area (Å²) in [6.07, 6.45) is 0. The minimum Gasteiger partial charge on any atom is -0.117 e. The van der Waals surface area contributed by atoms with Crippen molar-refractivity contribution in [3.8, 4) is 0 Å². The molecule has 0 fully saturated rings. The monoisotopic (exact) mass is 110 g/mol. The molecule has 0 amide bonds. The maximum atomic E-state index is 2.69. The van der Waals surface area contributed by atoms with Gasteiger partial charge < -0.3 is 0 Å². The first-order valence-electron chi connectivity index (χ1n) is 0.964. The van der Waals surface area contributed by atoms with Gasteiger partial charge in [-0.3, -0.25) is 0 Å². The van der Waals surface area contributed by atoms with E-state index in [9.17, 15) is 0 Å². The number of hydrogen-bond donors (Lipinski definition) is 0. The molecule has 0 saturated carbocycles. The molecule has 0 aliphatic heterocycles. The van der Waals surface area contributed by atoms with Gasteiger partial charge >= 0.3 is 0 Å². The molecule has 0 bridgehead atoms. The summed E-state index contributed by atoms with van der Waals surface area (Å²) in [6, 6.07) is 0. The molecule has 0 radical (unpaired) electrons. The van der Waals surface area contributed by atoms with Crippen LogP contribution in [0.3, 0.4) is 0 Å². The topological polar surface area (TPSA) is 0 Å². The van der Waals surface area contributed by atoms with Crippen LogP contribution in [-0.2, 0) is 0 Å². The van der Waals surface area contributed by atoms with Gasteiger partial charge in [-0.05, 0) is 0 Å². The van der Waals surface area contributed by atoms with Gasteiger partial charge in [-0.1, -0.05) is 0 Å². The van der Waals surface area contributed by atoms with Crippen LogP contribution in [0.25, 0.3) is 0 Å². The third-order valence-electron chi connectivity index (χ3n) is 0. The van der Waals surface area contributed by atoms with Crippen molar-refractivity contribution in [1.82, 2.24) is 0 Å². The van der Waals surface area contributed by atoms with Crippen molar-refractivity contribution in [2.75, 3.05) is 0 Å². The molecular weight excluding hydrogens is 104 g/mol. The summed E-state index contributed by atoms with van der Waals surface area (Å²) >= 11 is 0. The molecule has 0 aromatic rings. The highest BCUT2D eigenvalue weighted by atomic mass is 32.4. The molecule has 0 spiro atoms. The van der Waals surface area contributed by atoms with E-state index < -0.39 is 0 Å². The number of hydrogen-bond acceptors (Lipinski definition) is 0. The quantitative estimate of drug-likeness (QED) is 0.316. The molecule has 0 aliphatic carbocycles. The van der Waals surface area contributed by atoms with Crippen LogP contribution < -0.4 is 0 Å². The lowest BCUT2D eigenvalue weighted by Gasteiger charge is -1.81. The summed E-state index contributed by atoms with van der Waals surface area (Å²) in [7, 11) is 7.74. The van der Waals surface area contributed by atoms with Gasteiger partial charge in [0.25, 0.3) is 0 Å². The van der Waals surface area contributed by atoms with E-state index in [-0.39, 0.29) is 7.18 Å². The van der Waals surface area contributed by atoms with Crippen molar-refractivity contribution >= 4 is 32.6 Å². The van der Waals surface area contributed by atoms with Crippen LogP contribution in [0.2, 0.25) is 0 Å². The molecule has 4 heavy (non-hydrogen) atoms. The molecule has 4 heteroatoms. The standard InChI is InChI=1S/BH6P3/c1-4(2)3/h1-3H2. The lowest BCUT2D eigenvalue weighted by Crippen LogP contribution is -1.24. The summed E-state index contributed by atoms with van der Waals surface area (Å²) in [6.45, 7) is 0. The van der Waals surface area contributed by atoms with E-state index in [1.807, 2.05) is 0 Å². The Kier molecular flexibility index (Phi) is 3.46. The maximum Gasteiger partial charge on any atom is 0.144 e. The highest BCUT2D eigenvalue weighted by molar-refractivity contribution is 8.53. The second kappa shape index (κ2) is 2.58. The Hall–Kier alpha value is 1.35. The van der Waals surface area contributed by atoms with E-state index in [1.165, 1.54) is 0 Å². The third kappa shape index (κ3) is 10.1. The third-order valence-corrected chi connectivity index (χ3v) is 0. The van der Waals surface area contributed by atoms with Gasteiger partial charge in [0, 0.05) is 0 Å². The van der Waals surface area contributed by atoms with Crippen molar-refractivity contribution < 1.29 is 0 Å². The molecule has 0 aromatic heterocycles. The first-order valence-corrected chi connectivity index (χ1v) is 5.99. The van der Waals surface area contributed by atoms with Gasteiger partial charge in [0.1, 0.15) is 7.57 Å². The highest BCUT2D eigenvalue weighted by Crippen LogP contribution is 2.46. The second-order valence-corrected chi connectivity index (χ2v) is 8.67. The number of rotatable bonds is 0. The Labute approximate surface area is 33.4 Å². The van der Waals surface area contributed by atoms with Crippen LogP contribution in [0, 0.1) is 0 Å². The second-order valence-electron chi connectivity index (χ2n) is 0.665. The van der Waals surface area contributed by atoms with Crippen LogP contribution in [-0.4, -0.2) is 7.57 Å². The summed E-state index contributed by atoms with van der Waals surface area (Å²) in [4.78, 5) is 0. The molecule has 0 heterocycles. The molecule has 0 N–H and O–H groups in total. The summed E-state index contributed by atoms with van der Waals surface area (Å²) in [5.41, 5.74) is 0. The lowest BCUT2D eigenvalue weighted by molar-refractivity contribution is 4.85. The van der Waals surface area contributed by atoms with Crippen molar-refractivity contribution in [2.24, 2.45) is 0 Å². The first kappa shape index (κ1) is 5.35. The van der Waals surface area contributed by atoms with E-state index in [2.05, 4.69) is 25.4 Å². The van der Waals surface area contributed by atoms with Gasteiger partial charge in [-0.2, -0.15) is 0 Å². The van der Waals surface area contributed by atoms with Crippen LogP contribution >= 0.6 is 25.0 Å². The van der Waals surface area contributed by atoms with Crippen molar-refractivity contribution in [3.05, 3.63) is 0 Å². The zero-order valence-electron chi connectivity index (χ0n) is 2.60. The molecule has 2 unspecified atom stereocenters. The van der Waals surface area contributed by atoms with E-state index in [4.69, 9.17) is 0 Å². The lowest BCUT2D eigenvalue weighted by atomic mass is 10.8. The van der Waals surface area contributed by atoms with E-state index >= 15 is 0 Å². The van der Waals surface area contributed by atoms with Gasteiger partial charge in [0.05, 0.1) is 0 Å². The molecule has 0 aromatic carbocycles. The molecule has 0 rings (SSSR count). The SMILES string of the molecule is BP(P)P. The van der Waals surface area contributed by atoms with E-state index in [0.29, 0.717) is 0 Å². The summed E-state index contributed by atoms with van der Waals surface area (Å²) in [5.74, 6) is 0. The van der Waals surface area contributed by atoms with Crippen LogP contribution in [0.1, 0.15) is 0 Å². The smallest absolute Gasteiger partial charge is 0.117 e. The van der Waals surface area contributed by atoms with Gasteiger partial charge in [0.15, 0.2) is 0 Å². The molecule has 0 aliphatic rings. The average Bonchev–Trinajstić information content (AvgIpc) is 0.811. The Morgan fingerprint density at radius 3 is 1.50 bits per heavy atom. The Morgan fingerprint density at radius 1 is 1.50 bits per heavy atom. The van der Waals surface area contributed by atoms with E-state index in [1.54, 1.807) is 0 Å². The molecule has 24 valence electrons. The maximum absolute atomic E-state index is 2.69. The molecular formula is H6BP3. The predicted molar refractivity (Wildman–Crippen MR) is 34.9 cm³/mol. The fourth-order valence-corrected chi connectivity index (χ4v) is 0. The van der Waals surface area contributed by atoms with Crippen molar-refractivity contribution in [2.45, 2.75) is 0 Å². The predicted octanol–water partition coefficient (Wildman–Crippen LogP) is 0.597. The largest absolute Gasteiger partial charge is 0.144 e. The fourth-order valence-electron chi connectivity index (χ4n) is 0. The van der Waals surface area contributed by atoms with Crippen molar-refractivity contribution in [3.63, 3.8) is 0 Å². The summed E-state index contributed by atoms with van der Waals surface area (Å²) < 4.78 is 0. The fraction of sp³-hybridized carbons (Fsp3) is 0. The van der Waals surface area contributed by atoms with Crippen molar-refractivity contribution in [1.29, 1.82) is 0 Å². The first-order chi connectivity index (χ1) is 1.73. The zero-order chi connectivity index (χ0) is 3.58. The molecule has 0 nitrogen and oxygen atoms in total. The normalized spacial score (nSPS) is 8.75. The Balaban J connectivity index is 2.32. The van der Waals surface area contributed by atoms with Gasteiger partial charge in [0.2, 0.25) is 0 Å². The molecule has 2 atom stereocenters. The average molecular weight is 110 g/mol. The van der Waals surface area contributed by atoms with E-state index in [0.717, 1.165) is 0 Å².